The van der Waals surface area contributed by atoms with Crippen LogP contribution in [0.15, 0.2) is 46.9 Å². The lowest BCUT2D eigenvalue weighted by atomic mass is 10.1. The molecule has 5 nitrogen and oxygen atoms in total. The Bertz CT molecular complexity index is 679. The van der Waals surface area contributed by atoms with Crippen molar-refractivity contribution in [3.05, 3.63) is 52.4 Å². The van der Waals surface area contributed by atoms with E-state index in [0.29, 0.717) is 4.91 Å². The predicted molar refractivity (Wildman–Crippen MR) is 89.5 cm³/mol. The van der Waals surface area contributed by atoms with Crippen LogP contribution >= 0.6 is 11.8 Å². The fourth-order valence-electron chi connectivity index (χ4n) is 2.03. The number of allylic oxidation sites excluding steroid dienone is 2. The highest BCUT2D eigenvalue weighted by molar-refractivity contribution is 8.18. The van der Waals surface area contributed by atoms with Gasteiger partial charge in [-0.3, -0.25) is 19.3 Å². The van der Waals surface area contributed by atoms with Crippen LogP contribution in [0.5, 0.6) is 0 Å². The number of hydrogen-bond acceptors (Lipinski definition) is 5. The van der Waals surface area contributed by atoms with Gasteiger partial charge in [0.05, 0.1) is 11.5 Å². The summed E-state index contributed by atoms with van der Waals surface area (Å²) < 4.78 is 4.77. The van der Waals surface area contributed by atoms with E-state index in [-0.39, 0.29) is 13.2 Å². The average molecular weight is 331 g/mol. The van der Waals surface area contributed by atoms with Crippen molar-refractivity contribution in [1.82, 2.24) is 4.90 Å². The van der Waals surface area contributed by atoms with Gasteiger partial charge in [0.15, 0.2) is 0 Å². The van der Waals surface area contributed by atoms with Gasteiger partial charge in [0.2, 0.25) is 0 Å². The van der Waals surface area contributed by atoms with E-state index in [4.69, 9.17) is 4.74 Å². The molecular weight excluding hydrogens is 314 g/mol. The summed E-state index contributed by atoms with van der Waals surface area (Å²) >= 11 is 0.831. The summed E-state index contributed by atoms with van der Waals surface area (Å²) in [7, 11) is 0. The molecular formula is C17H17NO4S. The molecule has 0 spiro atoms. The van der Waals surface area contributed by atoms with E-state index in [9.17, 15) is 14.4 Å². The lowest BCUT2D eigenvalue weighted by molar-refractivity contribution is -0.146. The Hall–Kier alpha value is -2.34. The van der Waals surface area contributed by atoms with Gasteiger partial charge in [-0.2, -0.15) is 0 Å². The van der Waals surface area contributed by atoms with E-state index in [1.165, 1.54) is 0 Å². The molecule has 0 unspecified atom stereocenters. The Morgan fingerprint density at radius 1 is 1.26 bits per heavy atom. The maximum Gasteiger partial charge on any atom is 0.326 e. The first kappa shape index (κ1) is 17.0. The van der Waals surface area contributed by atoms with E-state index >= 15 is 0 Å². The number of amides is 2. The number of carbonyl (C=O) groups is 3. The monoisotopic (exact) mass is 331 g/mol. The molecule has 120 valence electrons. The largest absolute Gasteiger partial charge is 0.465 e. The van der Waals surface area contributed by atoms with Crippen molar-refractivity contribution >= 4 is 35.0 Å². The summed E-state index contributed by atoms with van der Waals surface area (Å²) in [4.78, 5) is 36.8. The first-order chi connectivity index (χ1) is 11.0. The summed E-state index contributed by atoms with van der Waals surface area (Å²) in [6, 6.07) is 9.67. The molecule has 23 heavy (non-hydrogen) atoms. The van der Waals surface area contributed by atoms with Crippen molar-refractivity contribution in [2.45, 2.75) is 13.8 Å². The number of thioether (sulfide) groups is 1. The number of carbonyl (C=O) groups excluding carboxylic acids is 3. The molecule has 0 saturated carbocycles. The molecule has 2 amide bonds. The van der Waals surface area contributed by atoms with E-state index in [1.807, 2.05) is 43.3 Å². The normalized spacial score (nSPS) is 17.0. The van der Waals surface area contributed by atoms with Gasteiger partial charge in [-0.15, -0.1) is 0 Å². The topological polar surface area (TPSA) is 63.7 Å². The second kappa shape index (κ2) is 7.78. The minimum atomic E-state index is -0.590. The minimum Gasteiger partial charge on any atom is -0.465 e. The van der Waals surface area contributed by atoms with Gasteiger partial charge in [-0.25, -0.2) is 0 Å². The lowest BCUT2D eigenvalue weighted by Gasteiger charge is -2.10. The number of ether oxygens (including phenoxy) is 1. The van der Waals surface area contributed by atoms with E-state index in [0.717, 1.165) is 27.8 Å². The zero-order valence-electron chi connectivity index (χ0n) is 12.9. The third-order valence-corrected chi connectivity index (χ3v) is 3.93. The van der Waals surface area contributed by atoms with Gasteiger partial charge >= 0.3 is 5.97 Å². The number of rotatable bonds is 5. The molecule has 0 aliphatic carbocycles. The molecule has 0 atom stereocenters. The molecule has 1 aromatic carbocycles. The van der Waals surface area contributed by atoms with Crippen LogP contribution in [-0.4, -0.2) is 35.2 Å². The van der Waals surface area contributed by atoms with Gasteiger partial charge < -0.3 is 4.74 Å². The first-order valence-corrected chi connectivity index (χ1v) is 7.97. The van der Waals surface area contributed by atoms with Gasteiger partial charge in [0.25, 0.3) is 11.1 Å². The van der Waals surface area contributed by atoms with Crippen LogP contribution in [0.3, 0.4) is 0 Å². The summed E-state index contributed by atoms with van der Waals surface area (Å²) in [6.45, 7) is 3.39. The standard InChI is InChI=1S/C17H17NO4S/c1-3-22-15(19)11-18-16(20)14(23-17(18)21)10-12(2)9-13-7-5-4-6-8-13/h4-10H,3,11H2,1-2H3/b12-9+,14-10+. The Morgan fingerprint density at radius 2 is 1.96 bits per heavy atom. The zero-order valence-corrected chi connectivity index (χ0v) is 13.8. The smallest absolute Gasteiger partial charge is 0.326 e. The Kier molecular flexibility index (Phi) is 5.76. The first-order valence-electron chi connectivity index (χ1n) is 7.15. The van der Waals surface area contributed by atoms with Crippen molar-refractivity contribution in [2.75, 3.05) is 13.2 Å². The molecule has 0 bridgehead atoms. The maximum atomic E-state index is 12.2. The van der Waals surface area contributed by atoms with Crippen molar-refractivity contribution < 1.29 is 19.1 Å². The Morgan fingerprint density at radius 3 is 2.61 bits per heavy atom. The number of imide groups is 1. The Balaban J connectivity index is 2.12. The molecule has 0 N–H and O–H groups in total. The number of hydrogen-bond donors (Lipinski definition) is 0. The molecule has 6 heteroatoms. The molecule has 1 aliphatic rings. The average Bonchev–Trinajstić information content (AvgIpc) is 2.76. The molecule has 1 heterocycles. The molecule has 0 aromatic heterocycles. The molecule has 0 radical (unpaired) electrons. The van der Waals surface area contributed by atoms with Crippen LogP contribution in [0.2, 0.25) is 0 Å². The van der Waals surface area contributed by atoms with Crippen LogP contribution in [-0.2, 0) is 14.3 Å². The van der Waals surface area contributed by atoms with Crippen molar-refractivity contribution in [3.63, 3.8) is 0 Å². The summed E-state index contributed by atoms with van der Waals surface area (Å²) in [5.74, 6) is -1.05. The van der Waals surface area contributed by atoms with Crippen LogP contribution in [0.4, 0.5) is 4.79 Å². The van der Waals surface area contributed by atoms with Crippen molar-refractivity contribution in [2.24, 2.45) is 0 Å². The van der Waals surface area contributed by atoms with Crippen molar-refractivity contribution in [3.8, 4) is 0 Å². The van der Waals surface area contributed by atoms with Gasteiger partial charge in [0.1, 0.15) is 6.54 Å². The molecule has 1 aliphatic heterocycles. The van der Waals surface area contributed by atoms with Gasteiger partial charge in [-0.1, -0.05) is 36.4 Å². The molecule has 1 fully saturated rings. The zero-order chi connectivity index (χ0) is 16.8. The second-order valence-electron chi connectivity index (χ2n) is 4.87. The fraction of sp³-hybridized carbons (Fsp3) is 0.235. The van der Waals surface area contributed by atoms with Crippen LogP contribution in [0.1, 0.15) is 19.4 Å². The van der Waals surface area contributed by atoms with Crippen LogP contribution < -0.4 is 0 Å². The fourth-order valence-corrected chi connectivity index (χ4v) is 2.92. The lowest BCUT2D eigenvalue weighted by Crippen LogP contribution is -2.34. The molecule has 2 rings (SSSR count). The van der Waals surface area contributed by atoms with E-state index in [1.54, 1.807) is 13.0 Å². The minimum absolute atomic E-state index is 0.212. The number of nitrogens with zero attached hydrogens (tertiary/aromatic N) is 1. The quantitative estimate of drug-likeness (QED) is 0.612. The van der Waals surface area contributed by atoms with Crippen LogP contribution in [0, 0.1) is 0 Å². The molecule has 1 aromatic rings. The third-order valence-electron chi connectivity index (χ3n) is 3.02. The second-order valence-corrected chi connectivity index (χ2v) is 5.87. The SMILES string of the molecule is CCOC(=O)CN1C(=O)S/C(=C/C(C)=C/c2ccccc2)C1=O. The molecule has 1 saturated heterocycles. The van der Waals surface area contributed by atoms with E-state index in [2.05, 4.69) is 0 Å². The van der Waals surface area contributed by atoms with E-state index < -0.39 is 17.1 Å². The predicted octanol–water partition coefficient (Wildman–Crippen LogP) is 3.23. The van der Waals surface area contributed by atoms with Gasteiger partial charge in [-0.05, 0) is 42.8 Å². The Labute approximate surface area is 139 Å². The van der Waals surface area contributed by atoms with Crippen molar-refractivity contribution in [1.29, 1.82) is 0 Å². The third kappa shape index (κ3) is 4.56. The summed E-state index contributed by atoms with van der Waals surface area (Å²) in [5, 5.41) is -0.457. The maximum absolute atomic E-state index is 12.2. The highest BCUT2D eigenvalue weighted by atomic mass is 32.2. The van der Waals surface area contributed by atoms with Gasteiger partial charge in [0, 0.05) is 0 Å². The number of benzene rings is 1. The summed E-state index contributed by atoms with van der Waals surface area (Å²) in [5.41, 5.74) is 1.85. The van der Waals surface area contributed by atoms with Crippen LogP contribution in [0.25, 0.3) is 6.08 Å². The number of esters is 1. The highest BCUT2D eigenvalue weighted by Crippen LogP contribution is 2.31. The summed E-state index contributed by atoms with van der Waals surface area (Å²) in [6.07, 6.45) is 3.57. The highest BCUT2D eigenvalue weighted by Gasteiger charge is 2.36.